The number of urea groups is 1. The van der Waals surface area contributed by atoms with Crippen molar-refractivity contribution in [2.75, 3.05) is 5.32 Å². The number of amides is 2. The highest BCUT2D eigenvalue weighted by Gasteiger charge is 2.41. The molecule has 9 heteroatoms. The van der Waals surface area contributed by atoms with Gasteiger partial charge in [-0.2, -0.15) is 4.98 Å². The average molecular weight is 345 g/mol. The Hall–Kier alpha value is -2.97. The van der Waals surface area contributed by atoms with Gasteiger partial charge in [-0.3, -0.25) is 10.1 Å². The fraction of sp³-hybridized carbons (Fsp3) is 0.438. The highest BCUT2D eigenvalue weighted by Crippen LogP contribution is 2.37. The van der Waals surface area contributed by atoms with Crippen molar-refractivity contribution in [1.82, 2.24) is 15.5 Å². The number of aryl methyl sites for hydroxylation is 2. The van der Waals surface area contributed by atoms with E-state index >= 15 is 0 Å². The largest absolute Gasteiger partial charge is 0.340 e. The normalized spacial score (nSPS) is 15.8. The van der Waals surface area contributed by atoms with Crippen LogP contribution >= 0.6 is 0 Å². The molecule has 3 rings (SSSR count). The third-order valence-electron chi connectivity index (χ3n) is 4.45. The number of nitro groups is 1. The van der Waals surface area contributed by atoms with Crippen molar-refractivity contribution in [3.8, 4) is 0 Å². The maximum atomic E-state index is 12.5. The minimum atomic E-state index is -0.670. The first-order chi connectivity index (χ1) is 11.9. The van der Waals surface area contributed by atoms with Crippen LogP contribution in [0.25, 0.3) is 0 Å². The number of anilines is 1. The van der Waals surface area contributed by atoms with E-state index in [9.17, 15) is 14.9 Å². The summed E-state index contributed by atoms with van der Waals surface area (Å²) < 4.78 is 5.06. The van der Waals surface area contributed by atoms with Gasteiger partial charge in [0.25, 0.3) is 5.69 Å². The third kappa shape index (κ3) is 3.44. The average Bonchev–Trinajstić information content (AvgIpc) is 3.19. The fourth-order valence-corrected chi connectivity index (χ4v) is 3.11. The second kappa shape index (κ2) is 6.50. The van der Waals surface area contributed by atoms with Crippen LogP contribution < -0.4 is 10.6 Å². The molecule has 2 N–H and O–H groups in total. The van der Waals surface area contributed by atoms with Crippen LogP contribution in [-0.2, 0) is 5.54 Å². The number of nitrogens with zero attached hydrogens (tertiary/aromatic N) is 3. The first-order valence-electron chi connectivity index (χ1n) is 8.05. The van der Waals surface area contributed by atoms with Crippen molar-refractivity contribution in [3.63, 3.8) is 0 Å². The molecule has 0 unspecified atom stereocenters. The molecule has 1 aromatic carbocycles. The predicted octanol–water partition coefficient (Wildman–Crippen LogP) is 3.19. The van der Waals surface area contributed by atoms with E-state index in [2.05, 4.69) is 20.8 Å². The Kier molecular flexibility index (Phi) is 4.39. The fourth-order valence-electron chi connectivity index (χ4n) is 3.11. The van der Waals surface area contributed by atoms with Crippen LogP contribution in [0.5, 0.6) is 0 Å². The van der Waals surface area contributed by atoms with Crippen molar-refractivity contribution in [2.45, 2.75) is 45.1 Å². The summed E-state index contributed by atoms with van der Waals surface area (Å²) >= 11 is 0. The Morgan fingerprint density at radius 1 is 1.32 bits per heavy atom. The van der Waals surface area contributed by atoms with Gasteiger partial charge in [0, 0.05) is 19.1 Å². The van der Waals surface area contributed by atoms with Gasteiger partial charge in [0.2, 0.25) is 5.89 Å². The van der Waals surface area contributed by atoms with E-state index < -0.39 is 16.5 Å². The van der Waals surface area contributed by atoms with Crippen molar-refractivity contribution >= 4 is 17.4 Å². The number of carbonyl (C=O) groups excluding carboxylic acids is 1. The molecule has 1 heterocycles. The van der Waals surface area contributed by atoms with Crippen LogP contribution in [0.2, 0.25) is 0 Å². The van der Waals surface area contributed by atoms with Crippen LogP contribution in [0.15, 0.2) is 22.7 Å². The highest BCUT2D eigenvalue weighted by molar-refractivity contribution is 5.91. The molecule has 1 fully saturated rings. The summed E-state index contributed by atoms with van der Waals surface area (Å²) in [6.45, 7) is 3.47. The summed E-state index contributed by atoms with van der Waals surface area (Å²) in [7, 11) is 0. The molecule has 0 atom stereocenters. The minimum absolute atomic E-state index is 0.0785. The van der Waals surface area contributed by atoms with Crippen molar-refractivity contribution in [3.05, 3.63) is 45.6 Å². The topological polar surface area (TPSA) is 123 Å². The van der Waals surface area contributed by atoms with E-state index in [1.165, 1.54) is 12.1 Å². The van der Waals surface area contributed by atoms with Gasteiger partial charge in [0.1, 0.15) is 5.54 Å². The zero-order chi connectivity index (χ0) is 18.0. The lowest BCUT2D eigenvalue weighted by atomic mass is 9.97. The molecule has 0 radical (unpaired) electrons. The molecule has 1 saturated carbocycles. The monoisotopic (exact) mass is 345 g/mol. The van der Waals surface area contributed by atoms with Gasteiger partial charge in [0.15, 0.2) is 5.82 Å². The van der Waals surface area contributed by atoms with Crippen LogP contribution in [0.1, 0.15) is 43.0 Å². The van der Waals surface area contributed by atoms with Gasteiger partial charge in [0.05, 0.1) is 10.6 Å². The molecule has 0 saturated heterocycles. The summed E-state index contributed by atoms with van der Waals surface area (Å²) in [5.74, 6) is 0.909. The molecule has 9 nitrogen and oxygen atoms in total. The number of aromatic nitrogens is 2. The van der Waals surface area contributed by atoms with Crippen LogP contribution in [0.3, 0.4) is 0 Å². The number of hydrogen-bond donors (Lipinski definition) is 2. The van der Waals surface area contributed by atoms with Crippen molar-refractivity contribution in [2.24, 2.45) is 0 Å². The Labute approximate surface area is 144 Å². The molecule has 25 heavy (non-hydrogen) atoms. The molecule has 1 aliphatic carbocycles. The van der Waals surface area contributed by atoms with Crippen molar-refractivity contribution < 1.29 is 14.2 Å². The van der Waals surface area contributed by atoms with E-state index in [0.29, 0.717) is 30.2 Å². The lowest BCUT2D eigenvalue weighted by Gasteiger charge is -2.27. The smallest absolute Gasteiger partial charge is 0.320 e. The van der Waals surface area contributed by atoms with E-state index in [0.717, 1.165) is 18.4 Å². The third-order valence-corrected chi connectivity index (χ3v) is 4.45. The number of benzene rings is 1. The summed E-state index contributed by atoms with van der Waals surface area (Å²) in [5, 5.41) is 20.5. The van der Waals surface area contributed by atoms with E-state index in [4.69, 9.17) is 4.52 Å². The predicted molar refractivity (Wildman–Crippen MR) is 89.2 cm³/mol. The van der Waals surface area contributed by atoms with Crippen LogP contribution in [0.4, 0.5) is 16.2 Å². The molecule has 132 valence electrons. The number of carbonyl (C=O) groups is 1. The van der Waals surface area contributed by atoms with Gasteiger partial charge in [-0.15, -0.1) is 0 Å². The number of hydrogen-bond acceptors (Lipinski definition) is 6. The summed E-state index contributed by atoms with van der Waals surface area (Å²) in [6, 6.07) is 3.89. The number of nitro benzene ring substituents is 1. The van der Waals surface area contributed by atoms with E-state index in [1.54, 1.807) is 19.9 Å². The van der Waals surface area contributed by atoms with Gasteiger partial charge in [-0.25, -0.2) is 4.79 Å². The molecule has 2 amide bonds. The molecular formula is C16H19N5O4. The van der Waals surface area contributed by atoms with Gasteiger partial charge < -0.3 is 15.2 Å². The quantitative estimate of drug-likeness (QED) is 0.648. The number of nitrogens with one attached hydrogen (secondary N) is 2. The molecule has 0 bridgehead atoms. The van der Waals surface area contributed by atoms with Gasteiger partial charge >= 0.3 is 6.03 Å². The van der Waals surface area contributed by atoms with Crippen LogP contribution in [-0.4, -0.2) is 21.1 Å². The van der Waals surface area contributed by atoms with Gasteiger partial charge in [-0.05, 0) is 25.3 Å². The molecule has 1 aliphatic rings. The Bertz CT molecular complexity index is 811. The van der Waals surface area contributed by atoms with Crippen molar-refractivity contribution in [1.29, 1.82) is 0 Å². The lowest BCUT2D eigenvalue weighted by molar-refractivity contribution is -0.384. The standard InChI is InChI=1S/C16H19N5O4/c1-10-5-6-12(21(23)24)9-13(10)18-15(22)19-16(7-3-4-8-16)14-17-11(2)25-20-14/h5-6,9H,3-4,7-8H2,1-2H3,(H2,18,19,22). The Morgan fingerprint density at radius 3 is 2.64 bits per heavy atom. The summed E-state index contributed by atoms with van der Waals surface area (Å²) in [5.41, 5.74) is 0.377. The second-order valence-corrected chi connectivity index (χ2v) is 6.26. The molecular weight excluding hydrogens is 326 g/mol. The first-order valence-corrected chi connectivity index (χ1v) is 8.05. The summed E-state index contributed by atoms with van der Waals surface area (Å²) in [4.78, 5) is 27.2. The number of non-ortho nitro benzene ring substituents is 1. The molecule has 1 aromatic heterocycles. The second-order valence-electron chi connectivity index (χ2n) is 6.26. The zero-order valence-electron chi connectivity index (χ0n) is 14.0. The first kappa shape index (κ1) is 16.9. The lowest BCUT2D eigenvalue weighted by Crippen LogP contribution is -2.46. The molecule has 2 aromatic rings. The SMILES string of the molecule is Cc1nc(C2(NC(=O)Nc3cc([N+](=O)[O-])ccc3C)CCCC2)no1. The molecule has 0 aliphatic heterocycles. The van der Waals surface area contributed by atoms with Gasteiger partial charge in [-0.1, -0.05) is 24.1 Å². The summed E-state index contributed by atoms with van der Waals surface area (Å²) in [6.07, 6.45) is 3.33. The van der Waals surface area contributed by atoms with E-state index in [-0.39, 0.29) is 5.69 Å². The highest BCUT2D eigenvalue weighted by atomic mass is 16.6. The molecule has 0 spiro atoms. The maximum Gasteiger partial charge on any atom is 0.320 e. The van der Waals surface area contributed by atoms with E-state index in [1.807, 2.05) is 0 Å². The number of rotatable bonds is 4. The van der Waals surface area contributed by atoms with Crippen LogP contribution in [0, 0.1) is 24.0 Å². The maximum absolute atomic E-state index is 12.5. The minimum Gasteiger partial charge on any atom is -0.340 e. The zero-order valence-corrected chi connectivity index (χ0v) is 14.0. The Morgan fingerprint density at radius 2 is 2.04 bits per heavy atom. The Balaban J connectivity index is 1.79.